The number of nitro groups is 1. The molecule has 0 aliphatic rings. The van der Waals surface area contributed by atoms with Crippen molar-refractivity contribution in [2.24, 2.45) is 0 Å². The molecule has 1 aromatic carbocycles. The number of nitrogens with zero attached hydrogens (tertiary/aromatic N) is 1. The first kappa shape index (κ1) is 17.7. The van der Waals surface area contributed by atoms with Crippen LogP contribution in [0, 0.1) is 10.1 Å². The molecule has 10 heteroatoms. The zero-order valence-electron chi connectivity index (χ0n) is 11.6. The molecule has 0 aliphatic heterocycles. The fraction of sp³-hybridized carbons (Fsp3) is 0.417. The highest BCUT2D eigenvalue weighted by Gasteiger charge is 2.28. The number of nitro benzene ring substituents is 1. The average molecular weight is 321 g/mol. The molecule has 0 unspecified atom stereocenters. The molecule has 0 aliphatic carbocycles. The van der Waals surface area contributed by atoms with Crippen molar-refractivity contribution in [2.75, 3.05) is 32.1 Å². The van der Waals surface area contributed by atoms with Crippen LogP contribution in [0.1, 0.15) is 10.4 Å². The molecule has 0 heterocycles. The van der Waals surface area contributed by atoms with Crippen LogP contribution in [0.15, 0.2) is 18.2 Å². The van der Waals surface area contributed by atoms with Crippen molar-refractivity contribution in [2.45, 2.75) is 6.18 Å². The molecule has 0 atom stereocenters. The number of anilines is 1. The number of rotatable bonds is 7. The summed E-state index contributed by atoms with van der Waals surface area (Å²) in [6, 6.07) is 3.38. The van der Waals surface area contributed by atoms with Crippen LogP contribution in [0.25, 0.3) is 0 Å². The molecule has 2 N–H and O–H groups in total. The van der Waals surface area contributed by atoms with Gasteiger partial charge < -0.3 is 15.4 Å². The summed E-state index contributed by atoms with van der Waals surface area (Å²) in [5.74, 6) is -1.04. The number of nitrogens with one attached hydrogen (secondary N) is 2. The fourth-order valence-electron chi connectivity index (χ4n) is 1.54. The van der Waals surface area contributed by atoms with Gasteiger partial charge in [0, 0.05) is 25.3 Å². The van der Waals surface area contributed by atoms with Crippen molar-refractivity contribution in [1.29, 1.82) is 0 Å². The van der Waals surface area contributed by atoms with Crippen molar-refractivity contribution in [3.63, 3.8) is 0 Å². The lowest BCUT2D eigenvalue weighted by Gasteiger charge is -2.10. The molecule has 22 heavy (non-hydrogen) atoms. The predicted molar refractivity (Wildman–Crippen MR) is 71.9 cm³/mol. The first-order valence-corrected chi connectivity index (χ1v) is 6.11. The summed E-state index contributed by atoms with van der Waals surface area (Å²) in [6.45, 7) is -0.893. The Kier molecular flexibility index (Phi) is 6.11. The van der Waals surface area contributed by atoms with Crippen LogP contribution in [0.3, 0.4) is 0 Å². The quantitative estimate of drug-likeness (QED) is 0.455. The molecule has 1 aromatic rings. The maximum Gasteiger partial charge on any atom is 0.405 e. The van der Waals surface area contributed by atoms with Gasteiger partial charge in [0.25, 0.3) is 11.6 Å². The Morgan fingerprint density at radius 3 is 2.64 bits per heavy atom. The van der Waals surface area contributed by atoms with Gasteiger partial charge in [0.2, 0.25) is 0 Å². The van der Waals surface area contributed by atoms with Gasteiger partial charge >= 0.3 is 6.18 Å². The molecule has 0 saturated carbocycles. The van der Waals surface area contributed by atoms with Crippen LogP contribution in [-0.4, -0.2) is 43.8 Å². The minimum Gasteiger partial charge on any atom is -0.383 e. The van der Waals surface area contributed by atoms with Crippen molar-refractivity contribution in [1.82, 2.24) is 5.32 Å². The highest BCUT2D eigenvalue weighted by atomic mass is 19.4. The molecule has 0 spiro atoms. The number of carbonyl (C=O) groups is 1. The fourth-order valence-corrected chi connectivity index (χ4v) is 1.54. The van der Waals surface area contributed by atoms with Crippen LogP contribution in [0.4, 0.5) is 24.5 Å². The summed E-state index contributed by atoms with van der Waals surface area (Å²) in [7, 11) is 1.46. The predicted octanol–water partition coefficient (Wildman–Crippen LogP) is 1.95. The van der Waals surface area contributed by atoms with E-state index in [1.807, 2.05) is 0 Å². The summed E-state index contributed by atoms with van der Waals surface area (Å²) in [5.41, 5.74) is -0.488. The van der Waals surface area contributed by atoms with E-state index in [-0.39, 0.29) is 11.3 Å². The minimum absolute atomic E-state index is 0.148. The van der Waals surface area contributed by atoms with Gasteiger partial charge in [-0.1, -0.05) is 0 Å². The second-order valence-corrected chi connectivity index (χ2v) is 4.21. The monoisotopic (exact) mass is 321 g/mol. The minimum atomic E-state index is -4.55. The Balaban J connectivity index is 2.87. The largest absolute Gasteiger partial charge is 0.405 e. The number of alkyl halides is 3. The number of halogens is 3. The Labute approximate surface area is 123 Å². The lowest BCUT2D eigenvalue weighted by molar-refractivity contribution is -0.384. The summed E-state index contributed by atoms with van der Waals surface area (Å²) in [4.78, 5) is 21.8. The molecule has 0 fully saturated rings. The molecule has 0 aromatic heterocycles. The van der Waals surface area contributed by atoms with Gasteiger partial charge in [-0.05, 0) is 12.1 Å². The number of hydrogen-bond acceptors (Lipinski definition) is 5. The number of hydrogen-bond donors (Lipinski definition) is 2. The molecule has 0 bridgehead atoms. The van der Waals surface area contributed by atoms with E-state index < -0.39 is 29.2 Å². The maximum absolute atomic E-state index is 12.0. The Bertz CT molecular complexity index is 549. The molecular formula is C12H14F3N3O4. The van der Waals surface area contributed by atoms with Crippen LogP contribution in [-0.2, 0) is 4.74 Å². The molecule has 122 valence electrons. The zero-order chi connectivity index (χ0) is 16.8. The highest BCUT2D eigenvalue weighted by molar-refractivity contribution is 5.95. The second kappa shape index (κ2) is 7.59. The summed E-state index contributed by atoms with van der Waals surface area (Å²) >= 11 is 0. The van der Waals surface area contributed by atoms with Gasteiger partial charge in [0.1, 0.15) is 12.2 Å². The number of ether oxygens (including phenoxy) is 1. The SMILES string of the molecule is COCCNc1ccc(C(=O)NCC(F)(F)F)cc1[N+](=O)[O-]. The molecule has 0 radical (unpaired) electrons. The summed E-state index contributed by atoms with van der Waals surface area (Å²) < 4.78 is 40.9. The maximum atomic E-state index is 12.0. The smallest absolute Gasteiger partial charge is 0.383 e. The lowest BCUT2D eigenvalue weighted by Crippen LogP contribution is -2.33. The summed E-state index contributed by atoms with van der Waals surface area (Å²) in [5, 5.41) is 15.4. The third-order valence-corrected chi connectivity index (χ3v) is 2.53. The van der Waals surface area contributed by atoms with E-state index >= 15 is 0 Å². The van der Waals surface area contributed by atoms with E-state index in [1.165, 1.54) is 19.2 Å². The van der Waals surface area contributed by atoms with Crippen molar-refractivity contribution < 1.29 is 27.6 Å². The summed E-state index contributed by atoms with van der Waals surface area (Å²) in [6.07, 6.45) is -4.55. The van der Waals surface area contributed by atoms with E-state index in [0.717, 1.165) is 6.07 Å². The standard InChI is InChI=1S/C12H14F3N3O4/c1-22-5-4-16-9-3-2-8(6-10(9)18(20)21)11(19)17-7-12(13,14)15/h2-3,6,16H,4-5,7H2,1H3,(H,17,19). The Morgan fingerprint density at radius 2 is 2.09 bits per heavy atom. The Hall–Kier alpha value is -2.36. The van der Waals surface area contributed by atoms with E-state index in [0.29, 0.717) is 13.2 Å². The first-order valence-electron chi connectivity index (χ1n) is 6.11. The van der Waals surface area contributed by atoms with Gasteiger partial charge in [-0.25, -0.2) is 0 Å². The molecular weight excluding hydrogens is 307 g/mol. The van der Waals surface area contributed by atoms with Gasteiger partial charge in [-0.3, -0.25) is 14.9 Å². The highest BCUT2D eigenvalue weighted by Crippen LogP contribution is 2.25. The van der Waals surface area contributed by atoms with Crippen LogP contribution in [0.5, 0.6) is 0 Å². The van der Waals surface area contributed by atoms with Crippen molar-refractivity contribution in [3.8, 4) is 0 Å². The van der Waals surface area contributed by atoms with E-state index in [9.17, 15) is 28.1 Å². The zero-order valence-corrected chi connectivity index (χ0v) is 11.6. The van der Waals surface area contributed by atoms with Crippen LogP contribution in [0.2, 0.25) is 0 Å². The average Bonchev–Trinajstić information content (AvgIpc) is 2.44. The van der Waals surface area contributed by atoms with Crippen LogP contribution < -0.4 is 10.6 Å². The number of carbonyl (C=O) groups excluding carboxylic acids is 1. The van der Waals surface area contributed by atoms with Crippen molar-refractivity contribution in [3.05, 3.63) is 33.9 Å². The Morgan fingerprint density at radius 1 is 1.41 bits per heavy atom. The van der Waals surface area contributed by atoms with E-state index in [1.54, 1.807) is 5.32 Å². The molecule has 0 saturated heterocycles. The van der Waals surface area contributed by atoms with Gasteiger partial charge in [-0.2, -0.15) is 13.2 Å². The molecule has 7 nitrogen and oxygen atoms in total. The van der Waals surface area contributed by atoms with Gasteiger partial charge in [-0.15, -0.1) is 0 Å². The third-order valence-electron chi connectivity index (χ3n) is 2.53. The van der Waals surface area contributed by atoms with Crippen LogP contribution >= 0.6 is 0 Å². The molecule has 1 amide bonds. The lowest BCUT2D eigenvalue weighted by atomic mass is 10.1. The molecule has 1 rings (SSSR count). The normalized spacial score (nSPS) is 11.1. The first-order chi connectivity index (χ1) is 10.2. The van der Waals surface area contributed by atoms with E-state index in [2.05, 4.69) is 5.32 Å². The second-order valence-electron chi connectivity index (χ2n) is 4.21. The van der Waals surface area contributed by atoms with Gasteiger partial charge in [0.05, 0.1) is 11.5 Å². The number of methoxy groups -OCH3 is 1. The van der Waals surface area contributed by atoms with Gasteiger partial charge in [0.15, 0.2) is 0 Å². The van der Waals surface area contributed by atoms with E-state index in [4.69, 9.17) is 4.74 Å². The van der Waals surface area contributed by atoms with Crippen molar-refractivity contribution >= 4 is 17.3 Å². The third kappa shape index (κ3) is 5.56. The number of benzene rings is 1. The topological polar surface area (TPSA) is 93.5 Å². The number of amides is 1.